The third-order valence-electron chi connectivity index (χ3n) is 4.01. The molecule has 1 saturated carbocycles. The zero-order chi connectivity index (χ0) is 13.0. The summed E-state index contributed by atoms with van der Waals surface area (Å²) in [5.74, 6) is -0.131. The molecule has 0 amide bonds. The first kappa shape index (κ1) is 13.5. The van der Waals surface area contributed by atoms with E-state index < -0.39 is 0 Å². The zero-order valence-corrected chi connectivity index (χ0v) is 11.2. The Balaban J connectivity index is 2.15. The fraction of sp³-hybridized carbons (Fsp3) is 0.600. The second-order valence-electron chi connectivity index (χ2n) is 5.08. The number of methoxy groups -OCH3 is 1. The van der Waals surface area contributed by atoms with Crippen LogP contribution in [0.3, 0.4) is 0 Å². The van der Waals surface area contributed by atoms with Crippen LogP contribution in [-0.4, -0.2) is 19.3 Å². The van der Waals surface area contributed by atoms with Crippen LogP contribution >= 0.6 is 0 Å². The van der Waals surface area contributed by atoms with Gasteiger partial charge < -0.3 is 10.1 Å². The lowest BCUT2D eigenvalue weighted by Crippen LogP contribution is -2.43. The van der Waals surface area contributed by atoms with E-state index in [1.165, 1.54) is 12.5 Å². The van der Waals surface area contributed by atoms with Crippen molar-refractivity contribution >= 4 is 0 Å². The van der Waals surface area contributed by atoms with Gasteiger partial charge in [0, 0.05) is 18.7 Å². The Bertz CT molecular complexity index is 384. The van der Waals surface area contributed by atoms with E-state index in [4.69, 9.17) is 4.74 Å². The molecule has 3 heteroatoms. The first-order chi connectivity index (χ1) is 8.71. The van der Waals surface area contributed by atoms with Crippen LogP contribution in [0, 0.1) is 5.82 Å². The minimum Gasteiger partial charge on any atom is -0.378 e. The van der Waals surface area contributed by atoms with Crippen LogP contribution in [-0.2, 0) is 4.74 Å². The Morgan fingerprint density at radius 1 is 1.39 bits per heavy atom. The van der Waals surface area contributed by atoms with Crippen LogP contribution in [0.2, 0.25) is 0 Å². The van der Waals surface area contributed by atoms with Crippen LogP contribution in [0.4, 0.5) is 4.39 Å². The Morgan fingerprint density at radius 3 is 2.61 bits per heavy atom. The summed E-state index contributed by atoms with van der Waals surface area (Å²) in [6.07, 6.45) is 4.22. The molecule has 0 saturated heterocycles. The summed E-state index contributed by atoms with van der Waals surface area (Å²) in [6, 6.07) is 7.06. The molecule has 0 aromatic heterocycles. The van der Waals surface area contributed by atoms with E-state index in [1.807, 2.05) is 19.1 Å². The minimum absolute atomic E-state index is 0.0384. The fourth-order valence-corrected chi connectivity index (χ4v) is 2.73. The normalized spacial score (nSPS) is 19.3. The molecule has 0 aliphatic heterocycles. The van der Waals surface area contributed by atoms with Crippen molar-refractivity contribution in [1.29, 1.82) is 0 Å². The SMILES string of the molecule is CCNC(CC1(OC)CCC1)c1ccccc1F. The molecule has 1 N–H and O–H groups in total. The molecule has 0 radical (unpaired) electrons. The van der Waals surface area contributed by atoms with Gasteiger partial charge in [-0.2, -0.15) is 0 Å². The number of hydrogen-bond acceptors (Lipinski definition) is 2. The standard InChI is InChI=1S/C15H22FNO/c1-3-17-14(11-15(18-2)9-6-10-15)12-7-4-5-8-13(12)16/h4-5,7-8,14,17H,3,6,9-11H2,1-2H3. The lowest BCUT2D eigenvalue weighted by Gasteiger charge is -2.43. The van der Waals surface area contributed by atoms with Crippen molar-refractivity contribution in [3.8, 4) is 0 Å². The second-order valence-corrected chi connectivity index (χ2v) is 5.08. The largest absolute Gasteiger partial charge is 0.378 e. The summed E-state index contributed by atoms with van der Waals surface area (Å²) in [5, 5.41) is 3.38. The smallest absolute Gasteiger partial charge is 0.127 e. The molecule has 0 bridgehead atoms. The van der Waals surface area contributed by atoms with Gasteiger partial charge in [-0.25, -0.2) is 4.39 Å². The van der Waals surface area contributed by atoms with Gasteiger partial charge in [0.1, 0.15) is 5.82 Å². The molecule has 2 rings (SSSR count). The first-order valence-electron chi connectivity index (χ1n) is 6.74. The van der Waals surface area contributed by atoms with Gasteiger partial charge in [-0.1, -0.05) is 25.1 Å². The molecule has 18 heavy (non-hydrogen) atoms. The molecule has 1 atom stereocenters. The van der Waals surface area contributed by atoms with E-state index >= 15 is 0 Å². The molecular formula is C15H22FNO. The van der Waals surface area contributed by atoms with Crippen molar-refractivity contribution in [3.05, 3.63) is 35.6 Å². The van der Waals surface area contributed by atoms with E-state index in [2.05, 4.69) is 5.32 Å². The monoisotopic (exact) mass is 251 g/mol. The zero-order valence-electron chi connectivity index (χ0n) is 11.2. The van der Waals surface area contributed by atoms with E-state index in [0.717, 1.165) is 31.4 Å². The average molecular weight is 251 g/mol. The highest BCUT2D eigenvalue weighted by Gasteiger charge is 2.39. The summed E-state index contributed by atoms with van der Waals surface area (Å²) in [5.41, 5.74) is 0.706. The van der Waals surface area contributed by atoms with Crippen LogP contribution in [0.15, 0.2) is 24.3 Å². The van der Waals surface area contributed by atoms with Crippen LogP contribution < -0.4 is 5.32 Å². The molecule has 1 fully saturated rings. The van der Waals surface area contributed by atoms with Crippen LogP contribution in [0.5, 0.6) is 0 Å². The molecule has 0 heterocycles. The van der Waals surface area contributed by atoms with E-state index in [9.17, 15) is 4.39 Å². The lowest BCUT2D eigenvalue weighted by atomic mass is 9.74. The van der Waals surface area contributed by atoms with Crippen molar-refractivity contribution < 1.29 is 9.13 Å². The summed E-state index contributed by atoms with van der Waals surface area (Å²) >= 11 is 0. The minimum atomic E-state index is -0.131. The van der Waals surface area contributed by atoms with Gasteiger partial charge in [-0.15, -0.1) is 0 Å². The number of halogens is 1. The average Bonchev–Trinajstić information content (AvgIpc) is 2.33. The fourth-order valence-electron chi connectivity index (χ4n) is 2.73. The van der Waals surface area contributed by atoms with Crippen molar-refractivity contribution in [2.75, 3.05) is 13.7 Å². The Kier molecular flexibility index (Phi) is 4.36. The maximum absolute atomic E-state index is 13.9. The van der Waals surface area contributed by atoms with E-state index in [0.29, 0.717) is 0 Å². The molecule has 1 aromatic rings. The summed E-state index contributed by atoms with van der Waals surface area (Å²) in [7, 11) is 1.77. The second kappa shape index (κ2) is 5.81. The highest BCUT2D eigenvalue weighted by Crippen LogP contribution is 2.42. The molecule has 1 unspecified atom stereocenters. The highest BCUT2D eigenvalue weighted by molar-refractivity contribution is 5.22. The number of hydrogen-bond donors (Lipinski definition) is 1. The van der Waals surface area contributed by atoms with Crippen molar-refractivity contribution in [1.82, 2.24) is 5.32 Å². The van der Waals surface area contributed by atoms with Crippen molar-refractivity contribution in [2.24, 2.45) is 0 Å². The summed E-state index contributed by atoms with van der Waals surface area (Å²) in [6.45, 7) is 2.88. The van der Waals surface area contributed by atoms with E-state index in [1.54, 1.807) is 13.2 Å². The molecule has 100 valence electrons. The highest BCUT2D eigenvalue weighted by atomic mass is 19.1. The van der Waals surface area contributed by atoms with Gasteiger partial charge in [0.2, 0.25) is 0 Å². The quantitative estimate of drug-likeness (QED) is 0.836. The van der Waals surface area contributed by atoms with Gasteiger partial charge in [0.05, 0.1) is 5.60 Å². The van der Waals surface area contributed by atoms with E-state index in [-0.39, 0.29) is 17.5 Å². The molecule has 1 aliphatic rings. The number of benzene rings is 1. The predicted molar refractivity (Wildman–Crippen MR) is 71.0 cm³/mol. The van der Waals surface area contributed by atoms with Crippen LogP contribution in [0.25, 0.3) is 0 Å². The van der Waals surface area contributed by atoms with Gasteiger partial charge in [0.15, 0.2) is 0 Å². The Hall–Kier alpha value is -0.930. The molecule has 1 aliphatic carbocycles. The topological polar surface area (TPSA) is 21.3 Å². The Labute approximate surface area is 109 Å². The van der Waals surface area contributed by atoms with Gasteiger partial charge in [0.25, 0.3) is 0 Å². The van der Waals surface area contributed by atoms with Gasteiger partial charge in [-0.3, -0.25) is 0 Å². The predicted octanol–water partition coefficient (Wildman–Crippen LogP) is 3.44. The first-order valence-corrected chi connectivity index (χ1v) is 6.74. The van der Waals surface area contributed by atoms with Gasteiger partial charge >= 0.3 is 0 Å². The summed E-state index contributed by atoms with van der Waals surface area (Å²) in [4.78, 5) is 0. The summed E-state index contributed by atoms with van der Waals surface area (Å²) < 4.78 is 19.5. The van der Waals surface area contributed by atoms with Crippen molar-refractivity contribution in [3.63, 3.8) is 0 Å². The van der Waals surface area contributed by atoms with Crippen molar-refractivity contribution in [2.45, 2.75) is 44.2 Å². The number of rotatable bonds is 6. The van der Waals surface area contributed by atoms with Crippen LogP contribution in [0.1, 0.15) is 44.2 Å². The molecule has 1 aromatic carbocycles. The number of ether oxygens (including phenoxy) is 1. The third kappa shape index (κ3) is 2.73. The Morgan fingerprint density at radius 2 is 2.11 bits per heavy atom. The number of nitrogens with one attached hydrogen (secondary N) is 1. The maximum atomic E-state index is 13.9. The molecule has 0 spiro atoms. The maximum Gasteiger partial charge on any atom is 0.127 e. The molecular weight excluding hydrogens is 229 g/mol. The van der Waals surface area contributed by atoms with Gasteiger partial charge in [-0.05, 0) is 38.3 Å². The molecule has 2 nitrogen and oxygen atoms in total. The third-order valence-corrected chi connectivity index (χ3v) is 4.01. The lowest BCUT2D eigenvalue weighted by molar-refractivity contribution is -0.0839.